The highest BCUT2D eigenvalue weighted by Gasteiger charge is 2.10. The zero-order valence-electron chi connectivity index (χ0n) is 10.6. The second-order valence-corrected chi connectivity index (χ2v) is 4.94. The summed E-state index contributed by atoms with van der Waals surface area (Å²) in [6, 6.07) is 3.63. The van der Waals surface area contributed by atoms with Crippen molar-refractivity contribution in [2.75, 3.05) is 0 Å². The van der Waals surface area contributed by atoms with Crippen molar-refractivity contribution in [2.24, 2.45) is 0 Å². The molecular weight excluding hydrogens is 285 g/mol. The van der Waals surface area contributed by atoms with Crippen molar-refractivity contribution in [3.63, 3.8) is 0 Å². The quantitative estimate of drug-likeness (QED) is 0.820. The molecule has 1 heterocycles. The Morgan fingerprint density at radius 2 is 2.25 bits per heavy atom. The molecule has 0 aliphatic rings. The van der Waals surface area contributed by atoms with Crippen LogP contribution in [0.1, 0.15) is 22.8 Å². The molecule has 8 heteroatoms. The van der Waals surface area contributed by atoms with E-state index in [1.165, 1.54) is 28.5 Å². The van der Waals surface area contributed by atoms with Crippen LogP contribution in [0.15, 0.2) is 28.2 Å². The van der Waals surface area contributed by atoms with Gasteiger partial charge in [0.1, 0.15) is 5.82 Å². The van der Waals surface area contributed by atoms with E-state index in [-0.39, 0.29) is 11.3 Å². The molecule has 106 valence electrons. The third-order valence-electron chi connectivity index (χ3n) is 2.61. The van der Waals surface area contributed by atoms with E-state index in [1.54, 1.807) is 0 Å². The number of rotatable bonds is 5. The number of carboxylic acid groups (broad SMARTS) is 1. The second kappa shape index (κ2) is 5.91. The monoisotopic (exact) mass is 297 g/mol. The summed E-state index contributed by atoms with van der Waals surface area (Å²) in [4.78, 5) is 22.2. The summed E-state index contributed by atoms with van der Waals surface area (Å²) >= 11 is 1.24. The molecule has 0 radical (unpaired) electrons. The van der Waals surface area contributed by atoms with Gasteiger partial charge in [-0.3, -0.25) is 4.57 Å². The van der Waals surface area contributed by atoms with E-state index in [2.05, 4.69) is 10.2 Å². The lowest BCUT2D eigenvalue weighted by atomic mass is 10.1. The molecule has 2 aromatic rings. The maximum atomic E-state index is 13.3. The Labute approximate surface area is 117 Å². The van der Waals surface area contributed by atoms with Crippen LogP contribution < -0.4 is 5.69 Å². The molecule has 2 N–H and O–H groups in total. The SMILES string of the molecule is CCn1c(SCc2cc(F)cc(C(=O)O)c2)n[nH]c1=O. The van der Waals surface area contributed by atoms with E-state index in [1.807, 2.05) is 6.92 Å². The molecular formula is C12H12FN3O3S. The van der Waals surface area contributed by atoms with Gasteiger partial charge in [0.05, 0.1) is 5.56 Å². The Hall–Kier alpha value is -2.09. The Balaban J connectivity index is 2.18. The van der Waals surface area contributed by atoms with Crippen molar-refractivity contribution in [3.05, 3.63) is 45.6 Å². The topological polar surface area (TPSA) is 88.0 Å². The number of benzene rings is 1. The molecule has 0 bridgehead atoms. The van der Waals surface area contributed by atoms with Crippen LogP contribution >= 0.6 is 11.8 Å². The predicted molar refractivity (Wildman–Crippen MR) is 71.4 cm³/mol. The molecule has 0 aliphatic carbocycles. The summed E-state index contributed by atoms with van der Waals surface area (Å²) in [6.07, 6.45) is 0. The summed E-state index contributed by atoms with van der Waals surface area (Å²) in [6.45, 7) is 2.28. The van der Waals surface area contributed by atoms with Crippen LogP contribution in [0, 0.1) is 5.82 Å². The maximum Gasteiger partial charge on any atom is 0.343 e. The number of hydrogen-bond acceptors (Lipinski definition) is 4. The first-order valence-corrected chi connectivity index (χ1v) is 6.80. The van der Waals surface area contributed by atoms with Gasteiger partial charge in [-0.25, -0.2) is 19.1 Å². The van der Waals surface area contributed by atoms with Gasteiger partial charge in [0, 0.05) is 12.3 Å². The molecule has 0 aliphatic heterocycles. The van der Waals surface area contributed by atoms with Crippen molar-refractivity contribution in [2.45, 2.75) is 24.4 Å². The van der Waals surface area contributed by atoms with Crippen molar-refractivity contribution in [1.29, 1.82) is 0 Å². The third kappa shape index (κ3) is 3.08. The summed E-state index contributed by atoms with van der Waals surface area (Å²) in [5, 5.41) is 15.5. The van der Waals surface area contributed by atoms with Crippen molar-refractivity contribution >= 4 is 17.7 Å². The molecule has 20 heavy (non-hydrogen) atoms. The second-order valence-electron chi connectivity index (χ2n) is 4.00. The molecule has 0 amide bonds. The number of carbonyl (C=O) groups is 1. The highest BCUT2D eigenvalue weighted by Crippen LogP contribution is 2.21. The lowest BCUT2D eigenvalue weighted by Crippen LogP contribution is -2.16. The van der Waals surface area contributed by atoms with Gasteiger partial charge in [0.25, 0.3) is 0 Å². The molecule has 0 spiro atoms. The Kier molecular flexibility index (Phi) is 4.23. The maximum absolute atomic E-state index is 13.3. The molecule has 0 unspecified atom stereocenters. The van der Waals surface area contributed by atoms with Crippen LogP contribution in [-0.2, 0) is 12.3 Å². The average molecular weight is 297 g/mol. The lowest BCUT2D eigenvalue weighted by Gasteiger charge is -2.04. The Morgan fingerprint density at radius 1 is 1.50 bits per heavy atom. The first-order chi connectivity index (χ1) is 9.51. The summed E-state index contributed by atoms with van der Waals surface area (Å²) in [5.41, 5.74) is 0.112. The van der Waals surface area contributed by atoms with Gasteiger partial charge in [0.2, 0.25) is 0 Å². The highest BCUT2D eigenvalue weighted by atomic mass is 32.2. The number of nitrogens with one attached hydrogen (secondary N) is 1. The molecule has 0 saturated carbocycles. The number of aromatic amines is 1. The standard InChI is InChI=1S/C12H12FN3O3S/c1-2-16-11(19)14-15-12(16)20-6-7-3-8(10(17)18)5-9(13)4-7/h3-5H,2,6H2,1H3,(H,14,19)(H,17,18). The Bertz CT molecular complexity index is 695. The fraction of sp³-hybridized carbons (Fsp3) is 0.250. The van der Waals surface area contributed by atoms with Crippen LogP contribution in [0.5, 0.6) is 0 Å². The van der Waals surface area contributed by atoms with Crippen molar-refractivity contribution in [1.82, 2.24) is 14.8 Å². The molecule has 0 saturated heterocycles. The van der Waals surface area contributed by atoms with Gasteiger partial charge >= 0.3 is 11.7 Å². The number of nitrogens with zero attached hydrogens (tertiary/aromatic N) is 2. The van der Waals surface area contributed by atoms with E-state index < -0.39 is 11.8 Å². The molecule has 1 aromatic carbocycles. The van der Waals surface area contributed by atoms with Gasteiger partial charge in [-0.1, -0.05) is 11.8 Å². The van der Waals surface area contributed by atoms with Gasteiger partial charge in [-0.05, 0) is 30.7 Å². The van der Waals surface area contributed by atoms with Crippen LogP contribution in [0.4, 0.5) is 4.39 Å². The summed E-state index contributed by atoms with van der Waals surface area (Å²) in [5.74, 6) is -1.46. The predicted octanol–water partition coefficient (Wildman–Crippen LogP) is 1.72. The number of aromatic carboxylic acids is 1. The average Bonchev–Trinajstić information content (AvgIpc) is 2.76. The van der Waals surface area contributed by atoms with Crippen LogP contribution in [-0.4, -0.2) is 25.8 Å². The first-order valence-electron chi connectivity index (χ1n) is 5.82. The fourth-order valence-electron chi connectivity index (χ4n) is 1.70. The number of thioether (sulfide) groups is 1. The van der Waals surface area contributed by atoms with E-state index in [9.17, 15) is 14.0 Å². The number of halogens is 1. The number of aromatic nitrogens is 3. The lowest BCUT2D eigenvalue weighted by molar-refractivity contribution is 0.0696. The smallest absolute Gasteiger partial charge is 0.343 e. The molecule has 0 fully saturated rings. The van der Waals surface area contributed by atoms with Crippen molar-refractivity contribution in [3.8, 4) is 0 Å². The molecule has 6 nitrogen and oxygen atoms in total. The van der Waals surface area contributed by atoms with Gasteiger partial charge in [-0.15, -0.1) is 5.10 Å². The fourth-order valence-corrected chi connectivity index (χ4v) is 2.64. The van der Waals surface area contributed by atoms with Gasteiger partial charge in [-0.2, -0.15) is 0 Å². The third-order valence-corrected chi connectivity index (χ3v) is 3.66. The number of carboxylic acids is 1. The summed E-state index contributed by atoms with van der Waals surface area (Å²) < 4.78 is 14.8. The first kappa shape index (κ1) is 14.3. The zero-order chi connectivity index (χ0) is 14.7. The highest BCUT2D eigenvalue weighted by molar-refractivity contribution is 7.98. The van der Waals surface area contributed by atoms with Crippen LogP contribution in [0.2, 0.25) is 0 Å². The van der Waals surface area contributed by atoms with E-state index in [0.717, 1.165) is 6.07 Å². The molecule has 1 aromatic heterocycles. The van der Waals surface area contributed by atoms with Crippen molar-refractivity contribution < 1.29 is 14.3 Å². The van der Waals surface area contributed by atoms with E-state index in [4.69, 9.17) is 5.11 Å². The largest absolute Gasteiger partial charge is 0.478 e. The normalized spacial score (nSPS) is 10.7. The number of H-pyrrole nitrogens is 1. The van der Waals surface area contributed by atoms with Gasteiger partial charge < -0.3 is 5.11 Å². The van der Waals surface area contributed by atoms with Crippen LogP contribution in [0.3, 0.4) is 0 Å². The minimum Gasteiger partial charge on any atom is -0.478 e. The summed E-state index contributed by atoms with van der Waals surface area (Å²) in [7, 11) is 0. The van der Waals surface area contributed by atoms with Crippen LogP contribution in [0.25, 0.3) is 0 Å². The Morgan fingerprint density at radius 3 is 2.90 bits per heavy atom. The molecule has 2 rings (SSSR count). The molecule has 0 atom stereocenters. The minimum atomic E-state index is -1.18. The minimum absolute atomic E-state index is 0.101. The van der Waals surface area contributed by atoms with E-state index in [0.29, 0.717) is 23.0 Å². The van der Waals surface area contributed by atoms with E-state index >= 15 is 0 Å². The number of hydrogen-bond donors (Lipinski definition) is 2. The zero-order valence-corrected chi connectivity index (χ0v) is 11.4. The van der Waals surface area contributed by atoms with Gasteiger partial charge in [0.15, 0.2) is 5.16 Å².